The van der Waals surface area contributed by atoms with E-state index in [-0.39, 0.29) is 5.91 Å². The highest BCUT2D eigenvalue weighted by Crippen LogP contribution is 2.17. The van der Waals surface area contributed by atoms with Crippen LogP contribution in [0.1, 0.15) is 35.3 Å². The van der Waals surface area contributed by atoms with Gasteiger partial charge >= 0.3 is 0 Å². The van der Waals surface area contributed by atoms with Gasteiger partial charge in [-0.25, -0.2) is 4.98 Å². The maximum absolute atomic E-state index is 12.0. The molecule has 1 aromatic rings. The summed E-state index contributed by atoms with van der Waals surface area (Å²) in [5.41, 5.74) is 1.34. The van der Waals surface area contributed by atoms with Crippen molar-refractivity contribution in [2.24, 2.45) is 5.92 Å². The van der Waals surface area contributed by atoms with E-state index in [9.17, 15) is 4.79 Å². The third-order valence-electron chi connectivity index (χ3n) is 3.11. The molecule has 1 aliphatic carbocycles. The SMILES string of the molecule is Cc1cc(C(=O)NCC2CC=CCC2)cc(Cl)n1. The van der Waals surface area contributed by atoms with E-state index in [4.69, 9.17) is 11.6 Å². The summed E-state index contributed by atoms with van der Waals surface area (Å²) in [5, 5.41) is 3.33. The van der Waals surface area contributed by atoms with Crippen molar-refractivity contribution >= 4 is 17.5 Å². The third-order valence-corrected chi connectivity index (χ3v) is 3.31. The van der Waals surface area contributed by atoms with E-state index in [1.807, 2.05) is 6.92 Å². The lowest BCUT2D eigenvalue weighted by atomic mass is 9.94. The van der Waals surface area contributed by atoms with Crippen molar-refractivity contribution < 1.29 is 4.79 Å². The molecule has 0 aliphatic heterocycles. The molecule has 0 radical (unpaired) electrons. The number of hydrogen-bond donors (Lipinski definition) is 1. The maximum atomic E-state index is 12.0. The van der Waals surface area contributed by atoms with E-state index >= 15 is 0 Å². The van der Waals surface area contributed by atoms with Crippen LogP contribution in [0.4, 0.5) is 0 Å². The molecule has 1 aliphatic rings. The minimum atomic E-state index is -0.0723. The normalized spacial score (nSPS) is 18.7. The van der Waals surface area contributed by atoms with Crippen LogP contribution in [0, 0.1) is 12.8 Å². The van der Waals surface area contributed by atoms with Gasteiger partial charge in [0.15, 0.2) is 0 Å². The lowest BCUT2D eigenvalue weighted by Crippen LogP contribution is -2.29. The molecule has 4 heteroatoms. The Hall–Kier alpha value is -1.35. The van der Waals surface area contributed by atoms with Crippen LogP contribution < -0.4 is 5.32 Å². The summed E-state index contributed by atoms with van der Waals surface area (Å²) < 4.78 is 0. The number of allylic oxidation sites excluding steroid dienone is 2. The summed E-state index contributed by atoms with van der Waals surface area (Å²) in [6.07, 6.45) is 7.70. The minimum absolute atomic E-state index is 0.0723. The van der Waals surface area contributed by atoms with Gasteiger partial charge in [0.2, 0.25) is 0 Å². The first-order chi connectivity index (χ1) is 8.65. The number of carbonyl (C=O) groups excluding carboxylic acids is 1. The number of aromatic nitrogens is 1. The number of nitrogens with zero attached hydrogens (tertiary/aromatic N) is 1. The van der Waals surface area contributed by atoms with E-state index in [0.29, 0.717) is 16.6 Å². The number of nitrogens with one attached hydrogen (secondary N) is 1. The molecule has 0 saturated heterocycles. The fraction of sp³-hybridized carbons (Fsp3) is 0.429. The molecule has 96 valence electrons. The Bertz CT molecular complexity index is 451. The van der Waals surface area contributed by atoms with E-state index in [2.05, 4.69) is 22.5 Å². The zero-order valence-corrected chi connectivity index (χ0v) is 11.2. The van der Waals surface area contributed by atoms with Crippen LogP contribution >= 0.6 is 11.6 Å². The maximum Gasteiger partial charge on any atom is 0.251 e. The van der Waals surface area contributed by atoms with Crippen molar-refractivity contribution in [3.05, 3.63) is 40.7 Å². The van der Waals surface area contributed by atoms with Gasteiger partial charge in [0, 0.05) is 17.8 Å². The highest BCUT2D eigenvalue weighted by molar-refractivity contribution is 6.29. The van der Waals surface area contributed by atoms with E-state index < -0.39 is 0 Å². The number of hydrogen-bond acceptors (Lipinski definition) is 2. The van der Waals surface area contributed by atoms with Crippen LogP contribution in [0.15, 0.2) is 24.3 Å². The van der Waals surface area contributed by atoms with Crippen molar-refractivity contribution in [2.75, 3.05) is 6.54 Å². The summed E-state index contributed by atoms with van der Waals surface area (Å²) in [5.74, 6) is 0.481. The molecule has 1 aromatic heterocycles. The molecule has 0 fully saturated rings. The van der Waals surface area contributed by atoms with E-state index in [0.717, 1.165) is 31.5 Å². The highest BCUT2D eigenvalue weighted by atomic mass is 35.5. The summed E-state index contributed by atoms with van der Waals surface area (Å²) in [6, 6.07) is 3.35. The number of rotatable bonds is 3. The number of carbonyl (C=O) groups is 1. The minimum Gasteiger partial charge on any atom is -0.352 e. The second kappa shape index (κ2) is 6.01. The van der Waals surface area contributed by atoms with Crippen molar-refractivity contribution in [1.82, 2.24) is 10.3 Å². The van der Waals surface area contributed by atoms with E-state index in [1.54, 1.807) is 12.1 Å². The Kier molecular flexibility index (Phi) is 4.37. The first-order valence-corrected chi connectivity index (χ1v) is 6.60. The molecule has 1 amide bonds. The van der Waals surface area contributed by atoms with E-state index in [1.165, 1.54) is 0 Å². The van der Waals surface area contributed by atoms with Crippen LogP contribution in [0.5, 0.6) is 0 Å². The van der Waals surface area contributed by atoms with Gasteiger partial charge in [-0.2, -0.15) is 0 Å². The quantitative estimate of drug-likeness (QED) is 0.673. The number of pyridine rings is 1. The van der Waals surface area contributed by atoms with Crippen LogP contribution in [0.2, 0.25) is 5.15 Å². The zero-order chi connectivity index (χ0) is 13.0. The highest BCUT2D eigenvalue weighted by Gasteiger charge is 2.13. The van der Waals surface area contributed by atoms with Crippen molar-refractivity contribution in [3.8, 4) is 0 Å². The van der Waals surface area contributed by atoms with Gasteiger partial charge in [0.25, 0.3) is 5.91 Å². The molecular formula is C14H17ClN2O. The molecule has 1 atom stereocenters. The molecule has 0 aromatic carbocycles. The lowest BCUT2D eigenvalue weighted by molar-refractivity contribution is 0.0946. The molecule has 0 spiro atoms. The molecule has 1 unspecified atom stereocenters. The lowest BCUT2D eigenvalue weighted by Gasteiger charge is -2.18. The Balaban J connectivity index is 1.92. The second-order valence-corrected chi connectivity index (χ2v) is 5.07. The second-order valence-electron chi connectivity index (χ2n) is 4.68. The van der Waals surface area contributed by atoms with Crippen molar-refractivity contribution in [2.45, 2.75) is 26.2 Å². The predicted molar refractivity (Wildman–Crippen MR) is 72.8 cm³/mol. The zero-order valence-electron chi connectivity index (χ0n) is 10.4. The Morgan fingerprint density at radius 2 is 2.33 bits per heavy atom. The largest absolute Gasteiger partial charge is 0.352 e. The first kappa shape index (κ1) is 13.1. The topological polar surface area (TPSA) is 42.0 Å². The molecule has 0 bridgehead atoms. The monoisotopic (exact) mass is 264 g/mol. The van der Waals surface area contributed by atoms with Crippen LogP contribution in [0.25, 0.3) is 0 Å². The molecule has 1 N–H and O–H groups in total. The number of halogens is 1. The van der Waals surface area contributed by atoms with Crippen LogP contribution in [0.3, 0.4) is 0 Å². The van der Waals surface area contributed by atoms with Gasteiger partial charge in [0.1, 0.15) is 5.15 Å². The fourth-order valence-electron chi connectivity index (χ4n) is 2.14. The average molecular weight is 265 g/mol. The van der Waals surface area contributed by atoms with Gasteiger partial charge < -0.3 is 5.32 Å². The summed E-state index contributed by atoms with van der Waals surface area (Å²) >= 11 is 5.84. The molecule has 18 heavy (non-hydrogen) atoms. The molecule has 2 rings (SSSR count). The van der Waals surface area contributed by atoms with Gasteiger partial charge in [-0.1, -0.05) is 23.8 Å². The van der Waals surface area contributed by atoms with Gasteiger partial charge in [-0.05, 0) is 44.2 Å². The molecule has 0 saturated carbocycles. The van der Waals surface area contributed by atoms with Crippen molar-refractivity contribution in [3.63, 3.8) is 0 Å². The average Bonchev–Trinajstić information content (AvgIpc) is 2.36. The fourth-order valence-corrected chi connectivity index (χ4v) is 2.39. The standard InChI is InChI=1S/C14H17ClN2O/c1-10-7-12(8-13(15)17-10)14(18)16-9-11-5-3-2-4-6-11/h2-3,7-8,11H,4-6,9H2,1H3,(H,16,18). The summed E-state index contributed by atoms with van der Waals surface area (Å²) in [7, 11) is 0. The number of amides is 1. The van der Waals surface area contributed by atoms with Crippen molar-refractivity contribution in [1.29, 1.82) is 0 Å². The smallest absolute Gasteiger partial charge is 0.251 e. The Labute approximate surface area is 112 Å². The molecular weight excluding hydrogens is 248 g/mol. The van der Waals surface area contributed by atoms with Gasteiger partial charge in [-0.3, -0.25) is 4.79 Å². The van der Waals surface area contributed by atoms with Gasteiger partial charge in [0.05, 0.1) is 0 Å². The van der Waals surface area contributed by atoms with Crippen LogP contribution in [-0.2, 0) is 0 Å². The summed E-state index contributed by atoms with van der Waals surface area (Å²) in [6.45, 7) is 2.55. The molecule has 1 heterocycles. The Morgan fingerprint density at radius 1 is 1.50 bits per heavy atom. The molecule has 3 nitrogen and oxygen atoms in total. The predicted octanol–water partition coefficient (Wildman–Crippen LogP) is 3.13. The summed E-state index contributed by atoms with van der Waals surface area (Å²) in [4.78, 5) is 16.0. The number of aryl methyl sites for hydroxylation is 1. The van der Waals surface area contributed by atoms with Gasteiger partial charge in [-0.15, -0.1) is 0 Å². The third kappa shape index (κ3) is 3.57. The Morgan fingerprint density at radius 3 is 3.00 bits per heavy atom. The first-order valence-electron chi connectivity index (χ1n) is 6.22. The van der Waals surface area contributed by atoms with Crippen LogP contribution in [-0.4, -0.2) is 17.4 Å².